The van der Waals surface area contributed by atoms with Crippen LogP contribution < -0.4 is 5.73 Å². The van der Waals surface area contributed by atoms with Crippen LogP contribution in [-0.4, -0.2) is 60.8 Å². The summed E-state index contributed by atoms with van der Waals surface area (Å²) in [7, 11) is 0. The van der Waals surface area contributed by atoms with Gasteiger partial charge in [0.25, 0.3) is 0 Å². The smallest absolute Gasteiger partial charge is 0.215 e. The molecule has 0 aliphatic carbocycles. The number of nitrogens with zero attached hydrogens (tertiary/aromatic N) is 3. The van der Waals surface area contributed by atoms with Crippen molar-refractivity contribution in [1.82, 2.24) is 14.8 Å². The second kappa shape index (κ2) is 4.37. The lowest BCUT2D eigenvalue weighted by Gasteiger charge is -2.13. The van der Waals surface area contributed by atoms with Crippen LogP contribution in [0.3, 0.4) is 0 Å². The molecule has 0 radical (unpaired) electrons. The summed E-state index contributed by atoms with van der Waals surface area (Å²) in [6, 6.07) is 0. The SMILES string of the molecule is N=C(N)c1ncn([C@@H]2O[C@@H](CO)[C@H](O)[C@@H]2O)n1. The average Bonchev–Trinajstić information content (AvgIpc) is 2.87. The van der Waals surface area contributed by atoms with E-state index >= 15 is 0 Å². The van der Waals surface area contributed by atoms with Crippen LogP contribution in [0.4, 0.5) is 0 Å². The van der Waals surface area contributed by atoms with Crippen molar-refractivity contribution in [3.05, 3.63) is 12.2 Å². The minimum Gasteiger partial charge on any atom is -0.394 e. The highest BCUT2D eigenvalue weighted by Crippen LogP contribution is 2.28. The third-order valence-corrected chi connectivity index (χ3v) is 2.53. The fourth-order valence-electron chi connectivity index (χ4n) is 1.62. The maximum absolute atomic E-state index is 9.70. The van der Waals surface area contributed by atoms with Gasteiger partial charge < -0.3 is 25.8 Å². The standard InChI is InChI=1S/C8H13N5O4/c9-6(10)7-11-2-13(12-7)8-5(16)4(15)3(1-14)17-8/h2-5,8,14-16H,1H2,(H3,9,10)/t3-,4-,5-,8+/m0/s1. The summed E-state index contributed by atoms with van der Waals surface area (Å²) in [6.07, 6.45) is -3.02. The molecular formula is C8H13N5O4. The lowest BCUT2D eigenvalue weighted by Crippen LogP contribution is -2.33. The minimum absolute atomic E-state index is 0.00254. The maximum atomic E-state index is 9.70. The second-order valence-corrected chi connectivity index (χ2v) is 3.69. The first-order valence-corrected chi connectivity index (χ1v) is 4.92. The minimum atomic E-state index is -1.23. The first-order chi connectivity index (χ1) is 8.04. The number of nitrogens with one attached hydrogen (secondary N) is 1. The maximum Gasteiger partial charge on any atom is 0.215 e. The number of aliphatic hydroxyl groups excluding tert-OH is 3. The molecule has 9 nitrogen and oxygen atoms in total. The van der Waals surface area contributed by atoms with Crippen molar-refractivity contribution < 1.29 is 20.1 Å². The lowest BCUT2D eigenvalue weighted by molar-refractivity contribution is -0.0588. The summed E-state index contributed by atoms with van der Waals surface area (Å²) in [5.74, 6) is -0.307. The molecule has 1 aromatic heterocycles. The first-order valence-electron chi connectivity index (χ1n) is 4.92. The summed E-state index contributed by atoms with van der Waals surface area (Å²) < 4.78 is 6.37. The summed E-state index contributed by atoms with van der Waals surface area (Å²) in [5, 5.41) is 39.1. The highest BCUT2D eigenvalue weighted by Gasteiger charge is 2.43. The number of nitrogens with two attached hydrogens (primary N) is 1. The molecular weight excluding hydrogens is 230 g/mol. The third-order valence-electron chi connectivity index (χ3n) is 2.53. The molecule has 9 heteroatoms. The Morgan fingerprint density at radius 2 is 2.24 bits per heavy atom. The van der Waals surface area contributed by atoms with Crippen LogP contribution in [0.25, 0.3) is 0 Å². The Morgan fingerprint density at radius 1 is 1.53 bits per heavy atom. The molecule has 1 aromatic rings. The number of hydrogen-bond donors (Lipinski definition) is 5. The molecule has 17 heavy (non-hydrogen) atoms. The van der Waals surface area contributed by atoms with Gasteiger partial charge in [0, 0.05) is 0 Å². The van der Waals surface area contributed by atoms with E-state index in [1.54, 1.807) is 0 Å². The summed E-state index contributed by atoms with van der Waals surface area (Å²) in [4.78, 5) is 3.74. The van der Waals surface area contributed by atoms with Gasteiger partial charge >= 0.3 is 0 Å². The van der Waals surface area contributed by atoms with Crippen LogP contribution in [0.5, 0.6) is 0 Å². The van der Waals surface area contributed by atoms with Crippen LogP contribution in [0.2, 0.25) is 0 Å². The molecule has 0 amide bonds. The van der Waals surface area contributed by atoms with Crippen molar-refractivity contribution in [3.8, 4) is 0 Å². The molecule has 1 saturated heterocycles. The van der Waals surface area contributed by atoms with Gasteiger partial charge in [0.05, 0.1) is 6.61 Å². The van der Waals surface area contributed by atoms with Gasteiger partial charge in [-0.15, -0.1) is 5.10 Å². The van der Waals surface area contributed by atoms with Crippen molar-refractivity contribution in [2.24, 2.45) is 5.73 Å². The fourth-order valence-corrected chi connectivity index (χ4v) is 1.62. The third kappa shape index (κ3) is 2.00. The number of amidine groups is 1. The van der Waals surface area contributed by atoms with E-state index in [9.17, 15) is 10.2 Å². The van der Waals surface area contributed by atoms with E-state index in [0.29, 0.717) is 0 Å². The van der Waals surface area contributed by atoms with Gasteiger partial charge in [-0.05, 0) is 0 Å². The number of hydrogen-bond acceptors (Lipinski definition) is 7. The molecule has 1 aliphatic rings. The first kappa shape index (κ1) is 11.9. The number of ether oxygens (including phenoxy) is 1. The highest BCUT2D eigenvalue weighted by molar-refractivity contribution is 5.90. The summed E-state index contributed by atoms with van der Waals surface area (Å²) in [5.41, 5.74) is 5.19. The molecule has 1 fully saturated rings. The molecule has 2 rings (SSSR count). The largest absolute Gasteiger partial charge is 0.394 e. The quantitative estimate of drug-likeness (QED) is 0.283. The van der Waals surface area contributed by atoms with E-state index in [1.807, 2.05) is 0 Å². The molecule has 0 spiro atoms. The van der Waals surface area contributed by atoms with Crippen LogP contribution in [-0.2, 0) is 4.74 Å². The van der Waals surface area contributed by atoms with Gasteiger partial charge in [0.15, 0.2) is 12.1 Å². The van der Waals surface area contributed by atoms with E-state index < -0.39 is 31.1 Å². The molecule has 0 bridgehead atoms. The zero-order chi connectivity index (χ0) is 12.6. The van der Waals surface area contributed by atoms with Crippen LogP contribution >= 0.6 is 0 Å². The zero-order valence-electron chi connectivity index (χ0n) is 8.76. The predicted octanol–water partition coefficient (Wildman–Crippen LogP) is -2.83. The van der Waals surface area contributed by atoms with E-state index in [2.05, 4.69) is 10.1 Å². The molecule has 0 unspecified atom stereocenters. The van der Waals surface area contributed by atoms with E-state index in [0.717, 1.165) is 4.68 Å². The number of aliphatic hydroxyl groups is 3. The molecule has 0 aromatic carbocycles. The van der Waals surface area contributed by atoms with Gasteiger partial charge in [-0.1, -0.05) is 0 Å². The van der Waals surface area contributed by atoms with Crippen LogP contribution in [0.1, 0.15) is 12.1 Å². The number of rotatable bonds is 3. The van der Waals surface area contributed by atoms with Crippen LogP contribution in [0.15, 0.2) is 6.33 Å². The Kier molecular flexibility index (Phi) is 3.07. The van der Waals surface area contributed by atoms with Crippen molar-refractivity contribution in [1.29, 1.82) is 5.41 Å². The lowest BCUT2D eigenvalue weighted by atomic mass is 10.1. The summed E-state index contributed by atoms with van der Waals surface area (Å²) >= 11 is 0. The molecule has 4 atom stereocenters. The number of aromatic nitrogens is 3. The van der Waals surface area contributed by atoms with Crippen molar-refractivity contribution >= 4 is 5.84 Å². The predicted molar refractivity (Wildman–Crippen MR) is 54.0 cm³/mol. The van der Waals surface area contributed by atoms with E-state index in [1.165, 1.54) is 6.33 Å². The molecule has 6 N–H and O–H groups in total. The zero-order valence-corrected chi connectivity index (χ0v) is 8.76. The van der Waals surface area contributed by atoms with Gasteiger partial charge in [-0.2, -0.15) is 0 Å². The Bertz CT molecular complexity index is 422. The van der Waals surface area contributed by atoms with Gasteiger partial charge in [0.1, 0.15) is 24.6 Å². The Morgan fingerprint density at radius 3 is 2.71 bits per heavy atom. The van der Waals surface area contributed by atoms with E-state index in [-0.39, 0.29) is 11.7 Å². The van der Waals surface area contributed by atoms with Gasteiger partial charge in [0.2, 0.25) is 5.82 Å². The molecule has 1 aliphatic heterocycles. The van der Waals surface area contributed by atoms with Crippen molar-refractivity contribution in [2.45, 2.75) is 24.5 Å². The monoisotopic (exact) mass is 243 g/mol. The van der Waals surface area contributed by atoms with Crippen LogP contribution in [0, 0.1) is 5.41 Å². The van der Waals surface area contributed by atoms with Crippen molar-refractivity contribution in [2.75, 3.05) is 6.61 Å². The fraction of sp³-hybridized carbons (Fsp3) is 0.625. The highest BCUT2D eigenvalue weighted by atomic mass is 16.6. The Labute approximate surface area is 96.0 Å². The molecule has 2 heterocycles. The summed E-state index contributed by atoms with van der Waals surface area (Å²) in [6.45, 7) is -0.414. The van der Waals surface area contributed by atoms with Crippen molar-refractivity contribution in [3.63, 3.8) is 0 Å². The molecule has 94 valence electrons. The number of nitrogen functional groups attached to an aromatic ring is 1. The molecule has 0 saturated carbocycles. The second-order valence-electron chi connectivity index (χ2n) is 3.69. The average molecular weight is 243 g/mol. The topological polar surface area (TPSA) is 150 Å². The Hall–Kier alpha value is -1.55. The normalized spacial score (nSPS) is 32.9. The Balaban J connectivity index is 2.19. The van der Waals surface area contributed by atoms with E-state index in [4.69, 9.17) is 21.0 Å². The van der Waals surface area contributed by atoms with Gasteiger partial charge in [-0.3, -0.25) is 5.41 Å². The van der Waals surface area contributed by atoms with Gasteiger partial charge in [-0.25, -0.2) is 9.67 Å².